The molecule has 0 saturated carbocycles. The van der Waals surface area contributed by atoms with Crippen molar-refractivity contribution in [2.45, 2.75) is 33.7 Å². The number of halogens is 1. The summed E-state index contributed by atoms with van der Waals surface area (Å²) in [5.41, 5.74) is 2.76. The summed E-state index contributed by atoms with van der Waals surface area (Å²) in [5.74, 6) is 0.614. The van der Waals surface area contributed by atoms with E-state index in [9.17, 15) is 4.79 Å². The lowest BCUT2D eigenvalue weighted by Gasteiger charge is -2.34. The summed E-state index contributed by atoms with van der Waals surface area (Å²) in [6, 6.07) is 8.92. The van der Waals surface area contributed by atoms with Gasteiger partial charge in [0.2, 0.25) is 0 Å². The number of hydrogen-bond donors (Lipinski definition) is 0. The SMILES string of the molecule is CCn1cc(CN2CCN(C(=O)c3ccn(COc4cccc(Cl)c4)n3)CC2)c(C)n1. The van der Waals surface area contributed by atoms with Gasteiger partial charge in [0.15, 0.2) is 12.4 Å². The minimum Gasteiger partial charge on any atom is -0.471 e. The molecule has 1 fully saturated rings. The second-order valence-corrected chi connectivity index (χ2v) is 8.07. The van der Waals surface area contributed by atoms with E-state index in [0.29, 0.717) is 29.6 Å². The highest BCUT2D eigenvalue weighted by atomic mass is 35.5. The summed E-state index contributed by atoms with van der Waals surface area (Å²) in [5, 5.41) is 9.51. The molecule has 0 aliphatic carbocycles. The van der Waals surface area contributed by atoms with Crippen LogP contribution in [0.4, 0.5) is 0 Å². The van der Waals surface area contributed by atoms with Gasteiger partial charge in [-0.1, -0.05) is 17.7 Å². The second-order valence-electron chi connectivity index (χ2n) is 7.64. The van der Waals surface area contributed by atoms with Crippen LogP contribution >= 0.6 is 11.6 Å². The highest BCUT2D eigenvalue weighted by Gasteiger charge is 2.24. The molecule has 1 amide bonds. The first-order valence-electron chi connectivity index (χ1n) is 10.5. The number of carbonyl (C=O) groups excluding carboxylic acids is 1. The third-order valence-electron chi connectivity index (χ3n) is 5.44. The zero-order chi connectivity index (χ0) is 21.8. The Morgan fingerprint density at radius 1 is 1.13 bits per heavy atom. The maximum absolute atomic E-state index is 12.9. The predicted molar refractivity (Wildman–Crippen MR) is 118 cm³/mol. The quantitative estimate of drug-likeness (QED) is 0.562. The van der Waals surface area contributed by atoms with E-state index in [2.05, 4.69) is 28.2 Å². The molecule has 31 heavy (non-hydrogen) atoms. The minimum absolute atomic E-state index is 0.0452. The Balaban J connectivity index is 1.28. The number of carbonyl (C=O) groups is 1. The maximum atomic E-state index is 12.9. The first-order chi connectivity index (χ1) is 15.0. The van der Waals surface area contributed by atoms with Gasteiger partial charge in [-0.3, -0.25) is 14.4 Å². The highest BCUT2D eigenvalue weighted by Crippen LogP contribution is 2.18. The van der Waals surface area contributed by atoms with Crippen molar-refractivity contribution in [3.63, 3.8) is 0 Å². The molecule has 0 N–H and O–H groups in total. The molecule has 0 bridgehead atoms. The van der Waals surface area contributed by atoms with E-state index < -0.39 is 0 Å². The van der Waals surface area contributed by atoms with Gasteiger partial charge in [-0.05, 0) is 38.1 Å². The van der Waals surface area contributed by atoms with E-state index in [1.165, 1.54) is 5.56 Å². The van der Waals surface area contributed by atoms with Gasteiger partial charge in [-0.15, -0.1) is 0 Å². The van der Waals surface area contributed by atoms with Crippen molar-refractivity contribution in [2.24, 2.45) is 0 Å². The van der Waals surface area contributed by atoms with Crippen LogP contribution in [0.3, 0.4) is 0 Å². The highest BCUT2D eigenvalue weighted by molar-refractivity contribution is 6.30. The number of piperazine rings is 1. The number of nitrogens with zero attached hydrogens (tertiary/aromatic N) is 6. The number of aryl methyl sites for hydroxylation is 2. The van der Waals surface area contributed by atoms with Crippen LogP contribution in [-0.4, -0.2) is 61.4 Å². The van der Waals surface area contributed by atoms with Gasteiger partial charge in [-0.25, -0.2) is 4.68 Å². The number of rotatable bonds is 7. The summed E-state index contributed by atoms with van der Waals surface area (Å²) in [6.45, 7) is 9.13. The first kappa shape index (κ1) is 21.4. The molecular weight excluding hydrogens is 416 g/mol. The molecule has 1 saturated heterocycles. The maximum Gasteiger partial charge on any atom is 0.274 e. The van der Waals surface area contributed by atoms with Crippen molar-refractivity contribution in [1.29, 1.82) is 0 Å². The van der Waals surface area contributed by atoms with Crippen molar-refractivity contribution >= 4 is 17.5 Å². The van der Waals surface area contributed by atoms with Gasteiger partial charge < -0.3 is 9.64 Å². The molecule has 3 heterocycles. The largest absolute Gasteiger partial charge is 0.471 e. The van der Waals surface area contributed by atoms with E-state index in [1.54, 1.807) is 29.1 Å². The Morgan fingerprint density at radius 3 is 2.65 bits per heavy atom. The Labute approximate surface area is 187 Å². The number of amides is 1. The molecule has 0 spiro atoms. The molecule has 0 unspecified atom stereocenters. The Morgan fingerprint density at radius 2 is 1.94 bits per heavy atom. The van der Waals surface area contributed by atoms with Crippen LogP contribution < -0.4 is 4.74 Å². The average molecular weight is 443 g/mol. The topological polar surface area (TPSA) is 68.4 Å². The first-order valence-corrected chi connectivity index (χ1v) is 10.9. The molecule has 0 radical (unpaired) electrons. The number of hydrogen-bond acceptors (Lipinski definition) is 5. The third-order valence-corrected chi connectivity index (χ3v) is 5.68. The lowest BCUT2D eigenvalue weighted by molar-refractivity contribution is 0.0620. The standard InChI is InChI=1S/C22H27ClN6O2/c1-3-28-15-18(17(2)24-28)14-26-9-11-27(12-10-26)22(30)21-7-8-29(25-21)16-31-20-6-4-5-19(23)13-20/h4-8,13,15H,3,9-12,14,16H2,1-2H3. The van der Waals surface area contributed by atoms with Crippen LogP contribution in [-0.2, 0) is 19.8 Å². The molecule has 1 aromatic carbocycles. The molecule has 1 aliphatic rings. The number of ether oxygens (including phenoxy) is 1. The summed E-state index contributed by atoms with van der Waals surface area (Å²) in [4.78, 5) is 17.1. The monoisotopic (exact) mass is 442 g/mol. The number of aromatic nitrogens is 4. The van der Waals surface area contributed by atoms with Crippen LogP contribution in [0.2, 0.25) is 5.02 Å². The summed E-state index contributed by atoms with van der Waals surface area (Å²) in [7, 11) is 0. The molecule has 2 aromatic heterocycles. The van der Waals surface area contributed by atoms with E-state index in [1.807, 2.05) is 28.6 Å². The van der Waals surface area contributed by atoms with Crippen LogP contribution in [0.25, 0.3) is 0 Å². The van der Waals surface area contributed by atoms with Crippen molar-refractivity contribution in [3.8, 4) is 5.75 Å². The fourth-order valence-corrected chi connectivity index (χ4v) is 3.81. The Bertz CT molecular complexity index is 1040. The van der Waals surface area contributed by atoms with Gasteiger partial charge >= 0.3 is 0 Å². The summed E-state index contributed by atoms with van der Waals surface area (Å²) < 4.78 is 9.26. The van der Waals surface area contributed by atoms with Crippen molar-refractivity contribution in [1.82, 2.24) is 29.4 Å². The van der Waals surface area contributed by atoms with Crippen molar-refractivity contribution in [3.05, 3.63) is 64.7 Å². The van der Waals surface area contributed by atoms with E-state index >= 15 is 0 Å². The molecule has 3 aromatic rings. The number of benzene rings is 1. The molecule has 0 atom stereocenters. The molecule has 164 valence electrons. The van der Waals surface area contributed by atoms with Gasteiger partial charge in [0, 0.05) is 62.2 Å². The second kappa shape index (κ2) is 9.53. The van der Waals surface area contributed by atoms with E-state index in [4.69, 9.17) is 16.3 Å². The average Bonchev–Trinajstić information content (AvgIpc) is 3.39. The molecular formula is C22H27ClN6O2. The van der Waals surface area contributed by atoms with E-state index in [-0.39, 0.29) is 12.6 Å². The van der Waals surface area contributed by atoms with Gasteiger partial charge in [0.05, 0.1) is 5.69 Å². The zero-order valence-electron chi connectivity index (χ0n) is 17.9. The van der Waals surface area contributed by atoms with Gasteiger partial charge in [-0.2, -0.15) is 10.2 Å². The normalized spacial score (nSPS) is 14.7. The van der Waals surface area contributed by atoms with Crippen LogP contribution in [0.1, 0.15) is 28.7 Å². The van der Waals surface area contributed by atoms with Crippen LogP contribution in [0, 0.1) is 6.92 Å². The fraction of sp³-hybridized carbons (Fsp3) is 0.409. The predicted octanol–water partition coefficient (Wildman–Crippen LogP) is 3.06. The Kier molecular flexibility index (Phi) is 6.58. The lowest BCUT2D eigenvalue weighted by atomic mass is 10.2. The smallest absolute Gasteiger partial charge is 0.274 e. The minimum atomic E-state index is -0.0452. The molecule has 4 rings (SSSR count). The van der Waals surface area contributed by atoms with Gasteiger partial charge in [0.25, 0.3) is 5.91 Å². The molecule has 8 nitrogen and oxygen atoms in total. The summed E-state index contributed by atoms with van der Waals surface area (Å²) in [6.07, 6.45) is 3.87. The van der Waals surface area contributed by atoms with E-state index in [0.717, 1.165) is 31.9 Å². The fourth-order valence-electron chi connectivity index (χ4n) is 3.63. The molecule has 1 aliphatic heterocycles. The lowest BCUT2D eigenvalue weighted by Crippen LogP contribution is -2.48. The third kappa shape index (κ3) is 5.26. The van der Waals surface area contributed by atoms with Crippen molar-refractivity contribution in [2.75, 3.05) is 26.2 Å². The van der Waals surface area contributed by atoms with Crippen LogP contribution in [0.15, 0.2) is 42.7 Å². The van der Waals surface area contributed by atoms with Crippen LogP contribution in [0.5, 0.6) is 5.75 Å². The van der Waals surface area contributed by atoms with Gasteiger partial charge in [0.1, 0.15) is 5.75 Å². The Hall–Kier alpha value is -2.84. The van der Waals surface area contributed by atoms with Crippen molar-refractivity contribution < 1.29 is 9.53 Å². The summed E-state index contributed by atoms with van der Waals surface area (Å²) >= 11 is 5.97. The zero-order valence-corrected chi connectivity index (χ0v) is 18.6. The molecule has 9 heteroatoms.